The summed E-state index contributed by atoms with van der Waals surface area (Å²) in [6.07, 6.45) is 4.08. The lowest BCUT2D eigenvalue weighted by molar-refractivity contribution is 0.325. The number of hydrogen-bond acceptors (Lipinski definition) is 3. The fourth-order valence-corrected chi connectivity index (χ4v) is 3.32. The topological polar surface area (TPSA) is 50.4 Å². The van der Waals surface area contributed by atoms with Gasteiger partial charge in [0.2, 0.25) is 0 Å². The summed E-state index contributed by atoms with van der Waals surface area (Å²) in [4.78, 5) is 4.29. The minimum Gasteiger partial charge on any atom is -0.400 e. The number of aliphatic imine (C=N–C) groups is 1. The van der Waals surface area contributed by atoms with Gasteiger partial charge in [-0.3, -0.25) is 4.99 Å². The van der Waals surface area contributed by atoms with Crippen LogP contribution in [0.2, 0.25) is 0 Å². The molecule has 3 N–H and O–H groups in total. The van der Waals surface area contributed by atoms with Crippen molar-refractivity contribution >= 4 is 5.71 Å². The lowest BCUT2D eigenvalue weighted by atomic mass is 9.82. The zero-order valence-corrected chi connectivity index (χ0v) is 12.0. The highest BCUT2D eigenvalue weighted by Gasteiger charge is 2.32. The van der Waals surface area contributed by atoms with Gasteiger partial charge in [0.15, 0.2) is 11.6 Å². The second kappa shape index (κ2) is 5.56. The quantitative estimate of drug-likeness (QED) is 0.823. The van der Waals surface area contributed by atoms with Gasteiger partial charge < -0.3 is 11.1 Å². The SMILES string of the molecule is CN=C(C1=C(N)C2CCCC(C1)N2)c1ccc(F)c(F)c1. The Bertz CT molecular complexity index is 622. The van der Waals surface area contributed by atoms with Crippen LogP contribution < -0.4 is 11.1 Å². The van der Waals surface area contributed by atoms with Crippen LogP contribution in [0, 0.1) is 11.6 Å². The Labute approximate surface area is 122 Å². The Balaban J connectivity index is 2.01. The van der Waals surface area contributed by atoms with Crippen LogP contribution in [0.25, 0.3) is 0 Å². The van der Waals surface area contributed by atoms with Gasteiger partial charge in [-0.25, -0.2) is 8.78 Å². The highest BCUT2D eigenvalue weighted by Crippen LogP contribution is 2.30. The number of halogens is 2. The molecular formula is C16H19F2N3. The number of rotatable bonds is 2. The molecule has 3 nitrogen and oxygen atoms in total. The van der Waals surface area contributed by atoms with Crippen molar-refractivity contribution < 1.29 is 8.78 Å². The van der Waals surface area contributed by atoms with Gasteiger partial charge in [0, 0.05) is 30.4 Å². The van der Waals surface area contributed by atoms with E-state index in [0.717, 1.165) is 36.6 Å². The molecule has 1 saturated heterocycles. The normalized spacial score (nSPS) is 26.1. The molecule has 3 rings (SSSR count). The maximum Gasteiger partial charge on any atom is 0.159 e. The summed E-state index contributed by atoms with van der Waals surface area (Å²) < 4.78 is 26.6. The molecule has 5 heteroatoms. The zero-order chi connectivity index (χ0) is 15.0. The minimum atomic E-state index is -0.859. The fourth-order valence-electron chi connectivity index (χ4n) is 3.32. The van der Waals surface area contributed by atoms with Gasteiger partial charge >= 0.3 is 0 Å². The predicted octanol–water partition coefficient (Wildman–Crippen LogP) is 2.51. The van der Waals surface area contributed by atoms with Crippen LogP contribution >= 0.6 is 0 Å². The summed E-state index contributed by atoms with van der Waals surface area (Å²) >= 11 is 0. The molecule has 0 amide bonds. The van der Waals surface area contributed by atoms with Gasteiger partial charge in [0.25, 0.3) is 0 Å². The number of piperidine rings is 1. The molecule has 2 unspecified atom stereocenters. The molecule has 2 atom stereocenters. The first-order valence-electron chi connectivity index (χ1n) is 7.27. The first-order chi connectivity index (χ1) is 10.1. The maximum atomic E-state index is 13.5. The second-order valence-corrected chi connectivity index (χ2v) is 5.69. The smallest absolute Gasteiger partial charge is 0.159 e. The summed E-state index contributed by atoms with van der Waals surface area (Å²) in [5, 5.41) is 3.51. The molecule has 1 aromatic carbocycles. The van der Waals surface area contributed by atoms with Crippen LogP contribution in [-0.2, 0) is 0 Å². The number of nitrogens with one attached hydrogen (secondary N) is 1. The summed E-state index contributed by atoms with van der Waals surface area (Å²) in [7, 11) is 1.66. The first kappa shape index (κ1) is 14.2. The van der Waals surface area contributed by atoms with Crippen molar-refractivity contribution in [1.29, 1.82) is 0 Å². The van der Waals surface area contributed by atoms with Gasteiger partial charge in [-0.1, -0.05) is 0 Å². The van der Waals surface area contributed by atoms with Crippen molar-refractivity contribution in [2.75, 3.05) is 7.05 Å². The molecule has 21 heavy (non-hydrogen) atoms. The van der Waals surface area contributed by atoms with Gasteiger partial charge in [-0.05, 0) is 49.5 Å². The van der Waals surface area contributed by atoms with E-state index in [9.17, 15) is 8.78 Å². The minimum absolute atomic E-state index is 0.176. The van der Waals surface area contributed by atoms with Crippen LogP contribution in [0.5, 0.6) is 0 Å². The zero-order valence-electron chi connectivity index (χ0n) is 12.0. The van der Waals surface area contributed by atoms with E-state index in [1.54, 1.807) is 13.1 Å². The lowest BCUT2D eigenvalue weighted by Gasteiger charge is -2.38. The Morgan fingerprint density at radius 2 is 2.10 bits per heavy atom. The second-order valence-electron chi connectivity index (χ2n) is 5.69. The van der Waals surface area contributed by atoms with Crippen LogP contribution in [0.15, 0.2) is 34.5 Å². The van der Waals surface area contributed by atoms with E-state index in [0.29, 0.717) is 17.3 Å². The van der Waals surface area contributed by atoms with Crippen molar-refractivity contribution in [3.05, 3.63) is 46.7 Å². The van der Waals surface area contributed by atoms with Gasteiger partial charge in [0.1, 0.15) is 0 Å². The van der Waals surface area contributed by atoms with Gasteiger partial charge in [-0.2, -0.15) is 0 Å². The van der Waals surface area contributed by atoms with Crippen LogP contribution in [0.1, 0.15) is 31.2 Å². The lowest BCUT2D eigenvalue weighted by Crippen LogP contribution is -2.50. The van der Waals surface area contributed by atoms with Gasteiger partial charge in [0.05, 0.1) is 5.71 Å². The molecule has 0 spiro atoms. The molecule has 0 saturated carbocycles. The fraction of sp³-hybridized carbons (Fsp3) is 0.438. The molecule has 112 valence electrons. The average Bonchev–Trinajstić information content (AvgIpc) is 2.49. The molecule has 0 radical (unpaired) electrons. The van der Waals surface area contributed by atoms with Crippen molar-refractivity contribution in [2.45, 2.75) is 37.8 Å². The number of benzene rings is 1. The number of fused-ring (bicyclic) bond motifs is 2. The molecule has 2 aliphatic rings. The Hall–Kier alpha value is -1.75. The Kier molecular flexibility index (Phi) is 3.76. The summed E-state index contributed by atoms with van der Waals surface area (Å²) in [6, 6.07) is 4.45. The number of nitrogens with two attached hydrogens (primary N) is 1. The Morgan fingerprint density at radius 1 is 1.29 bits per heavy atom. The average molecular weight is 291 g/mol. The van der Waals surface area contributed by atoms with E-state index >= 15 is 0 Å². The van der Waals surface area contributed by atoms with E-state index in [-0.39, 0.29) is 6.04 Å². The van der Waals surface area contributed by atoms with E-state index in [1.165, 1.54) is 12.5 Å². The van der Waals surface area contributed by atoms with E-state index in [1.807, 2.05) is 0 Å². The van der Waals surface area contributed by atoms with E-state index in [4.69, 9.17) is 5.73 Å². The monoisotopic (exact) mass is 291 g/mol. The molecule has 1 fully saturated rings. The summed E-state index contributed by atoms with van der Waals surface area (Å²) in [5.74, 6) is -1.71. The third kappa shape index (κ3) is 2.58. The number of nitrogens with zero attached hydrogens (tertiary/aromatic N) is 1. The molecule has 2 bridgehead atoms. The van der Waals surface area contributed by atoms with Crippen LogP contribution in [0.3, 0.4) is 0 Å². The van der Waals surface area contributed by atoms with Crippen LogP contribution in [-0.4, -0.2) is 24.8 Å². The van der Waals surface area contributed by atoms with Crippen molar-refractivity contribution in [3.8, 4) is 0 Å². The highest BCUT2D eigenvalue weighted by molar-refractivity contribution is 6.13. The summed E-state index contributed by atoms with van der Waals surface area (Å²) in [5.41, 5.74) is 9.29. The third-order valence-corrected chi connectivity index (χ3v) is 4.36. The molecule has 0 aromatic heterocycles. The standard InChI is InChI=1S/C16H19F2N3/c1-20-16(9-5-6-12(17)13(18)7-9)11-8-10-3-2-4-14(21-10)15(11)19/h5-7,10,14,21H,2-4,8,19H2,1H3. The molecule has 2 aliphatic heterocycles. The number of hydrogen-bond donors (Lipinski definition) is 2. The highest BCUT2D eigenvalue weighted by atomic mass is 19.2. The third-order valence-electron chi connectivity index (χ3n) is 4.36. The van der Waals surface area contributed by atoms with Crippen molar-refractivity contribution in [3.63, 3.8) is 0 Å². The van der Waals surface area contributed by atoms with Crippen molar-refractivity contribution in [2.24, 2.45) is 10.7 Å². The first-order valence-corrected chi connectivity index (χ1v) is 7.27. The largest absolute Gasteiger partial charge is 0.400 e. The molecule has 1 aromatic rings. The van der Waals surface area contributed by atoms with E-state index in [2.05, 4.69) is 10.3 Å². The van der Waals surface area contributed by atoms with Crippen molar-refractivity contribution in [1.82, 2.24) is 5.32 Å². The van der Waals surface area contributed by atoms with Crippen LogP contribution in [0.4, 0.5) is 8.78 Å². The molecule has 0 aliphatic carbocycles. The predicted molar refractivity (Wildman–Crippen MR) is 79.2 cm³/mol. The summed E-state index contributed by atoms with van der Waals surface area (Å²) in [6.45, 7) is 0. The van der Waals surface area contributed by atoms with E-state index < -0.39 is 11.6 Å². The molecule has 2 heterocycles. The maximum absolute atomic E-state index is 13.5. The van der Waals surface area contributed by atoms with Gasteiger partial charge in [-0.15, -0.1) is 0 Å². The molecular weight excluding hydrogens is 272 g/mol. The Morgan fingerprint density at radius 3 is 2.81 bits per heavy atom.